The highest BCUT2D eigenvalue weighted by Gasteiger charge is 2.29. The van der Waals surface area contributed by atoms with Gasteiger partial charge in [-0.25, -0.2) is 9.59 Å². The van der Waals surface area contributed by atoms with Gasteiger partial charge in [0.1, 0.15) is 6.04 Å². The van der Waals surface area contributed by atoms with Crippen molar-refractivity contribution in [2.45, 2.75) is 65.0 Å². The molecular weight excluding hydrogens is 312 g/mol. The molecule has 1 aliphatic carbocycles. The predicted molar refractivity (Wildman–Crippen MR) is 86.4 cm³/mol. The molecule has 0 bridgehead atoms. The third-order valence-corrected chi connectivity index (χ3v) is 4.70. The van der Waals surface area contributed by atoms with E-state index in [4.69, 9.17) is 4.52 Å². The summed E-state index contributed by atoms with van der Waals surface area (Å²) in [6.45, 7) is 6.15. The second-order valence-electron chi connectivity index (χ2n) is 6.34. The summed E-state index contributed by atoms with van der Waals surface area (Å²) < 4.78 is 5.26. The summed E-state index contributed by atoms with van der Waals surface area (Å²) >= 11 is 0. The summed E-state index contributed by atoms with van der Waals surface area (Å²) in [6, 6.07) is -1.34. The Balaban J connectivity index is 1.97. The quantitative estimate of drug-likeness (QED) is 0.753. The van der Waals surface area contributed by atoms with Gasteiger partial charge in [0, 0.05) is 12.5 Å². The lowest BCUT2D eigenvalue weighted by molar-refractivity contribution is -0.140. The SMILES string of the molecule is CC[C@H](C)[C@H](NC(=O)N(CC)Cc1noc(C2CCC2)n1)C(=O)O. The molecule has 1 aliphatic rings. The number of amides is 2. The molecular formula is C16H26N4O4. The maximum Gasteiger partial charge on any atom is 0.326 e. The second kappa shape index (κ2) is 8.12. The van der Waals surface area contributed by atoms with E-state index >= 15 is 0 Å². The van der Waals surface area contributed by atoms with Gasteiger partial charge in [0.25, 0.3) is 0 Å². The molecule has 24 heavy (non-hydrogen) atoms. The number of aliphatic carboxylic acids is 1. The van der Waals surface area contributed by atoms with E-state index in [9.17, 15) is 14.7 Å². The van der Waals surface area contributed by atoms with Crippen LogP contribution in [0.2, 0.25) is 0 Å². The molecule has 1 aromatic rings. The fraction of sp³-hybridized carbons (Fsp3) is 0.750. The average Bonchev–Trinajstić information content (AvgIpc) is 2.95. The van der Waals surface area contributed by atoms with Crippen molar-refractivity contribution >= 4 is 12.0 Å². The van der Waals surface area contributed by atoms with Crippen LogP contribution in [0, 0.1) is 5.92 Å². The minimum atomic E-state index is -1.03. The Morgan fingerprint density at radius 1 is 1.42 bits per heavy atom. The van der Waals surface area contributed by atoms with Crippen molar-refractivity contribution in [3.05, 3.63) is 11.7 Å². The number of rotatable bonds is 8. The van der Waals surface area contributed by atoms with Crippen LogP contribution in [0.1, 0.15) is 64.1 Å². The monoisotopic (exact) mass is 338 g/mol. The van der Waals surface area contributed by atoms with Gasteiger partial charge in [0.15, 0.2) is 5.82 Å². The maximum absolute atomic E-state index is 12.4. The van der Waals surface area contributed by atoms with Gasteiger partial charge < -0.3 is 19.8 Å². The van der Waals surface area contributed by atoms with Gasteiger partial charge in [-0.2, -0.15) is 4.98 Å². The Hall–Kier alpha value is -2.12. The lowest BCUT2D eigenvalue weighted by Crippen LogP contribution is -2.50. The highest BCUT2D eigenvalue weighted by atomic mass is 16.5. The van der Waals surface area contributed by atoms with Crippen LogP contribution in [0.4, 0.5) is 4.79 Å². The Morgan fingerprint density at radius 2 is 2.12 bits per heavy atom. The molecule has 0 spiro atoms. The van der Waals surface area contributed by atoms with Crippen LogP contribution in [0.15, 0.2) is 4.52 Å². The summed E-state index contributed by atoms with van der Waals surface area (Å²) in [5.74, 6) is 0.248. The number of nitrogens with zero attached hydrogens (tertiary/aromatic N) is 3. The number of carboxylic acid groups (broad SMARTS) is 1. The number of nitrogens with one attached hydrogen (secondary N) is 1. The number of carbonyl (C=O) groups excluding carboxylic acids is 1. The van der Waals surface area contributed by atoms with Gasteiger partial charge in [-0.1, -0.05) is 31.8 Å². The molecule has 0 unspecified atom stereocenters. The average molecular weight is 338 g/mol. The van der Waals surface area contributed by atoms with Crippen molar-refractivity contribution in [3.63, 3.8) is 0 Å². The molecule has 1 aromatic heterocycles. The van der Waals surface area contributed by atoms with Crippen molar-refractivity contribution < 1.29 is 19.2 Å². The minimum Gasteiger partial charge on any atom is -0.480 e. The van der Waals surface area contributed by atoms with Crippen LogP contribution in [-0.2, 0) is 11.3 Å². The molecule has 0 aromatic carbocycles. The van der Waals surface area contributed by atoms with E-state index in [0.29, 0.717) is 30.6 Å². The second-order valence-corrected chi connectivity index (χ2v) is 6.34. The van der Waals surface area contributed by atoms with E-state index in [1.54, 1.807) is 6.92 Å². The van der Waals surface area contributed by atoms with E-state index in [0.717, 1.165) is 12.8 Å². The molecule has 2 N–H and O–H groups in total. The molecule has 0 aliphatic heterocycles. The minimum absolute atomic E-state index is 0.152. The van der Waals surface area contributed by atoms with Gasteiger partial charge in [-0.3, -0.25) is 0 Å². The zero-order valence-electron chi connectivity index (χ0n) is 14.5. The number of aromatic nitrogens is 2. The number of hydrogen-bond acceptors (Lipinski definition) is 5. The zero-order valence-corrected chi connectivity index (χ0v) is 14.5. The molecule has 1 saturated carbocycles. The maximum atomic E-state index is 12.4. The first-order valence-corrected chi connectivity index (χ1v) is 8.56. The van der Waals surface area contributed by atoms with Crippen molar-refractivity contribution in [2.75, 3.05) is 6.54 Å². The van der Waals surface area contributed by atoms with Crippen molar-refractivity contribution in [3.8, 4) is 0 Å². The van der Waals surface area contributed by atoms with Crippen LogP contribution in [0.5, 0.6) is 0 Å². The molecule has 8 nitrogen and oxygen atoms in total. The van der Waals surface area contributed by atoms with Gasteiger partial charge in [-0.05, 0) is 25.7 Å². The first kappa shape index (κ1) is 18.2. The number of urea groups is 1. The van der Waals surface area contributed by atoms with E-state index < -0.39 is 18.0 Å². The van der Waals surface area contributed by atoms with E-state index in [2.05, 4.69) is 15.5 Å². The normalized spacial score (nSPS) is 17.0. The molecule has 1 fully saturated rings. The van der Waals surface area contributed by atoms with Crippen molar-refractivity contribution in [1.29, 1.82) is 0 Å². The smallest absolute Gasteiger partial charge is 0.326 e. The Labute approximate surface area is 141 Å². The Kier molecular flexibility index (Phi) is 6.16. The summed E-state index contributed by atoms with van der Waals surface area (Å²) in [5.41, 5.74) is 0. The highest BCUT2D eigenvalue weighted by Crippen LogP contribution is 2.35. The zero-order chi connectivity index (χ0) is 17.7. The third-order valence-electron chi connectivity index (χ3n) is 4.70. The standard InChI is InChI=1S/C16H26N4O4/c1-4-10(3)13(15(21)22)18-16(23)20(5-2)9-12-17-14(24-19-12)11-7-6-8-11/h10-11,13H,4-9H2,1-3H3,(H,18,23)(H,21,22)/t10-,13-/m0/s1. The fourth-order valence-electron chi connectivity index (χ4n) is 2.56. The fourth-order valence-corrected chi connectivity index (χ4v) is 2.56. The topological polar surface area (TPSA) is 109 Å². The summed E-state index contributed by atoms with van der Waals surface area (Å²) in [7, 11) is 0. The molecule has 1 heterocycles. The summed E-state index contributed by atoms with van der Waals surface area (Å²) in [6.07, 6.45) is 3.97. The molecule has 134 valence electrons. The first-order valence-electron chi connectivity index (χ1n) is 8.56. The largest absolute Gasteiger partial charge is 0.480 e. The van der Waals surface area contributed by atoms with E-state index in [1.807, 2.05) is 13.8 Å². The third kappa shape index (κ3) is 4.24. The van der Waals surface area contributed by atoms with Crippen LogP contribution >= 0.6 is 0 Å². The number of carbonyl (C=O) groups is 2. The van der Waals surface area contributed by atoms with Crippen LogP contribution in [0.3, 0.4) is 0 Å². The van der Waals surface area contributed by atoms with Crippen molar-refractivity contribution in [2.24, 2.45) is 5.92 Å². The van der Waals surface area contributed by atoms with E-state index in [-0.39, 0.29) is 12.5 Å². The number of hydrogen-bond donors (Lipinski definition) is 2. The molecule has 2 atom stereocenters. The molecule has 0 radical (unpaired) electrons. The van der Waals surface area contributed by atoms with Crippen LogP contribution < -0.4 is 5.32 Å². The highest BCUT2D eigenvalue weighted by molar-refractivity contribution is 5.82. The molecule has 2 amide bonds. The lowest BCUT2D eigenvalue weighted by Gasteiger charge is -2.25. The molecule has 0 saturated heterocycles. The van der Waals surface area contributed by atoms with Gasteiger partial charge in [0.2, 0.25) is 5.89 Å². The number of carboxylic acids is 1. The van der Waals surface area contributed by atoms with Gasteiger partial charge in [0.05, 0.1) is 6.54 Å². The summed E-state index contributed by atoms with van der Waals surface area (Å²) in [4.78, 5) is 29.6. The van der Waals surface area contributed by atoms with Gasteiger partial charge >= 0.3 is 12.0 Å². The Morgan fingerprint density at radius 3 is 2.62 bits per heavy atom. The molecule has 2 rings (SSSR count). The predicted octanol–water partition coefficient (Wildman–Crippen LogP) is 2.37. The molecule has 8 heteroatoms. The van der Waals surface area contributed by atoms with Crippen LogP contribution in [0.25, 0.3) is 0 Å². The van der Waals surface area contributed by atoms with Gasteiger partial charge in [-0.15, -0.1) is 0 Å². The van der Waals surface area contributed by atoms with Crippen molar-refractivity contribution in [1.82, 2.24) is 20.4 Å². The summed E-state index contributed by atoms with van der Waals surface area (Å²) in [5, 5.41) is 15.8. The Bertz CT molecular complexity index is 570. The van der Waals surface area contributed by atoms with Crippen LogP contribution in [-0.4, -0.2) is 44.7 Å². The lowest BCUT2D eigenvalue weighted by atomic mass is 9.85. The van der Waals surface area contributed by atoms with E-state index in [1.165, 1.54) is 11.3 Å². The first-order chi connectivity index (χ1) is 11.5.